The van der Waals surface area contributed by atoms with E-state index in [0.717, 1.165) is 0 Å². The summed E-state index contributed by atoms with van der Waals surface area (Å²) in [6.07, 6.45) is 0. The van der Waals surface area contributed by atoms with Crippen LogP contribution < -0.4 is 5.73 Å². The monoisotopic (exact) mass is 258 g/mol. The van der Waals surface area contributed by atoms with Crippen LogP contribution in [0.15, 0.2) is 0 Å². The molecule has 1 aliphatic heterocycles. The molecule has 0 aromatic rings. The summed E-state index contributed by atoms with van der Waals surface area (Å²) in [5.74, 6) is -0.777. The highest BCUT2D eigenvalue weighted by Crippen LogP contribution is 2.29. The fourth-order valence-electron chi connectivity index (χ4n) is 2.11. The summed E-state index contributed by atoms with van der Waals surface area (Å²) in [4.78, 5) is 25.2. The Hall–Kier alpha value is -1.14. The predicted octanol–water partition coefficient (Wildman–Crippen LogP) is -0.382. The van der Waals surface area contributed by atoms with Gasteiger partial charge in [0.2, 0.25) is 5.91 Å². The molecule has 0 bridgehead atoms. The van der Waals surface area contributed by atoms with Crippen molar-refractivity contribution < 1.29 is 19.1 Å². The van der Waals surface area contributed by atoms with Crippen LogP contribution in [0.25, 0.3) is 0 Å². The van der Waals surface area contributed by atoms with Gasteiger partial charge in [0.25, 0.3) is 0 Å². The minimum atomic E-state index is -0.704. The number of amides is 1. The first kappa shape index (κ1) is 14.9. The second kappa shape index (κ2) is 5.67. The van der Waals surface area contributed by atoms with Crippen molar-refractivity contribution >= 4 is 11.9 Å². The predicted molar refractivity (Wildman–Crippen MR) is 65.7 cm³/mol. The quantitative estimate of drug-likeness (QED) is 0.695. The van der Waals surface area contributed by atoms with Crippen LogP contribution in [0.5, 0.6) is 0 Å². The van der Waals surface area contributed by atoms with E-state index < -0.39 is 5.41 Å². The van der Waals surface area contributed by atoms with Crippen LogP contribution in [0.1, 0.15) is 13.8 Å². The Morgan fingerprint density at radius 3 is 2.67 bits per heavy atom. The van der Waals surface area contributed by atoms with E-state index in [9.17, 15) is 9.59 Å². The number of hydrogen-bond acceptors (Lipinski definition) is 5. The van der Waals surface area contributed by atoms with Gasteiger partial charge >= 0.3 is 5.97 Å². The number of esters is 1. The van der Waals surface area contributed by atoms with Crippen LogP contribution in [0.2, 0.25) is 0 Å². The second-order valence-electron chi connectivity index (χ2n) is 5.15. The van der Waals surface area contributed by atoms with Gasteiger partial charge in [-0.25, -0.2) is 0 Å². The molecule has 0 aromatic carbocycles. The number of methoxy groups -OCH3 is 1. The number of ether oxygens (including phenoxy) is 2. The van der Waals surface area contributed by atoms with Gasteiger partial charge in [-0.15, -0.1) is 0 Å². The maximum atomic E-state index is 12.3. The van der Waals surface area contributed by atoms with Gasteiger partial charge in [0.1, 0.15) is 0 Å². The van der Waals surface area contributed by atoms with Crippen molar-refractivity contribution in [1.29, 1.82) is 0 Å². The van der Waals surface area contributed by atoms with E-state index >= 15 is 0 Å². The minimum absolute atomic E-state index is 0.0942. The van der Waals surface area contributed by atoms with Crippen molar-refractivity contribution in [2.45, 2.75) is 19.9 Å². The Morgan fingerprint density at radius 1 is 1.61 bits per heavy atom. The summed E-state index contributed by atoms with van der Waals surface area (Å²) in [5.41, 5.74) is 5.20. The summed E-state index contributed by atoms with van der Waals surface area (Å²) in [5, 5.41) is 0. The number of nitrogens with two attached hydrogens (primary N) is 1. The molecule has 104 valence electrons. The molecule has 0 spiro atoms. The Kier molecular flexibility index (Phi) is 4.70. The van der Waals surface area contributed by atoms with Gasteiger partial charge in [-0.1, -0.05) is 6.92 Å². The molecule has 3 unspecified atom stereocenters. The summed E-state index contributed by atoms with van der Waals surface area (Å²) in [7, 11) is 3.00. The third-order valence-electron chi connectivity index (χ3n) is 3.50. The Labute approximate surface area is 107 Å². The zero-order chi connectivity index (χ0) is 13.9. The highest BCUT2D eigenvalue weighted by Gasteiger charge is 2.46. The molecule has 0 aliphatic carbocycles. The van der Waals surface area contributed by atoms with E-state index in [1.165, 1.54) is 12.0 Å². The maximum absolute atomic E-state index is 12.3. The molecular weight excluding hydrogens is 236 g/mol. The van der Waals surface area contributed by atoms with Gasteiger partial charge in [0, 0.05) is 19.6 Å². The van der Waals surface area contributed by atoms with Gasteiger partial charge in [-0.2, -0.15) is 0 Å². The van der Waals surface area contributed by atoms with Gasteiger partial charge in [0.15, 0.2) is 0 Å². The summed E-state index contributed by atoms with van der Waals surface area (Å²) in [6.45, 7) is 4.55. The molecule has 6 nitrogen and oxygen atoms in total. The molecular formula is C12H22N2O4. The lowest BCUT2D eigenvalue weighted by Crippen LogP contribution is -2.51. The van der Waals surface area contributed by atoms with Gasteiger partial charge in [-0.05, 0) is 6.92 Å². The van der Waals surface area contributed by atoms with E-state index in [2.05, 4.69) is 4.74 Å². The zero-order valence-electron chi connectivity index (χ0n) is 11.4. The van der Waals surface area contributed by atoms with Crippen LogP contribution in [-0.4, -0.2) is 56.7 Å². The molecule has 2 N–H and O–H groups in total. The smallest absolute Gasteiger partial charge is 0.310 e. The summed E-state index contributed by atoms with van der Waals surface area (Å²) >= 11 is 0. The molecule has 1 saturated heterocycles. The zero-order valence-corrected chi connectivity index (χ0v) is 11.4. The third-order valence-corrected chi connectivity index (χ3v) is 3.50. The van der Waals surface area contributed by atoms with Crippen molar-refractivity contribution in [2.24, 2.45) is 17.1 Å². The highest BCUT2D eigenvalue weighted by molar-refractivity contribution is 5.84. The number of nitrogens with zero attached hydrogens (tertiary/aromatic N) is 1. The average molecular weight is 258 g/mol. The lowest BCUT2D eigenvalue weighted by Gasteiger charge is -2.31. The standard InChI is InChI=1S/C12H22N2O4/c1-8(10(15)17-4)5-14(3)11(16)12(2)7-18-6-9(12)13/h8-9H,5-7,13H2,1-4H3. The Morgan fingerprint density at radius 2 is 2.22 bits per heavy atom. The van der Waals surface area contributed by atoms with Crippen molar-refractivity contribution in [3.8, 4) is 0 Å². The molecule has 18 heavy (non-hydrogen) atoms. The molecule has 0 radical (unpaired) electrons. The van der Waals surface area contributed by atoms with E-state index in [4.69, 9.17) is 10.5 Å². The summed E-state index contributed by atoms with van der Waals surface area (Å²) < 4.78 is 9.89. The van der Waals surface area contributed by atoms with Gasteiger partial charge in [-0.3, -0.25) is 9.59 Å². The topological polar surface area (TPSA) is 81.9 Å². The van der Waals surface area contributed by atoms with E-state index in [-0.39, 0.29) is 23.8 Å². The molecule has 6 heteroatoms. The SMILES string of the molecule is COC(=O)C(C)CN(C)C(=O)C1(C)COCC1N. The Balaban J connectivity index is 2.64. The summed E-state index contributed by atoms with van der Waals surface area (Å²) in [6, 6.07) is -0.305. The number of carbonyl (C=O) groups excluding carboxylic acids is 2. The molecule has 3 atom stereocenters. The fourth-order valence-corrected chi connectivity index (χ4v) is 2.11. The first-order valence-corrected chi connectivity index (χ1v) is 5.99. The fraction of sp³-hybridized carbons (Fsp3) is 0.833. The third kappa shape index (κ3) is 2.81. The first-order valence-electron chi connectivity index (χ1n) is 5.99. The van der Waals surface area contributed by atoms with Crippen molar-refractivity contribution in [2.75, 3.05) is 33.9 Å². The van der Waals surface area contributed by atoms with E-state index in [1.54, 1.807) is 20.9 Å². The Bertz CT molecular complexity index is 334. The minimum Gasteiger partial charge on any atom is -0.469 e. The molecule has 1 aliphatic rings. The van der Waals surface area contributed by atoms with E-state index in [0.29, 0.717) is 19.8 Å². The van der Waals surface area contributed by atoms with Crippen LogP contribution >= 0.6 is 0 Å². The maximum Gasteiger partial charge on any atom is 0.310 e. The van der Waals surface area contributed by atoms with Crippen LogP contribution in [-0.2, 0) is 19.1 Å². The highest BCUT2D eigenvalue weighted by atomic mass is 16.5. The molecule has 0 aromatic heterocycles. The number of rotatable bonds is 4. The molecule has 1 fully saturated rings. The van der Waals surface area contributed by atoms with Crippen molar-refractivity contribution in [1.82, 2.24) is 4.90 Å². The normalized spacial score (nSPS) is 28.8. The van der Waals surface area contributed by atoms with Crippen LogP contribution in [0, 0.1) is 11.3 Å². The lowest BCUT2D eigenvalue weighted by molar-refractivity contribution is -0.147. The molecule has 1 amide bonds. The van der Waals surface area contributed by atoms with Crippen molar-refractivity contribution in [3.05, 3.63) is 0 Å². The van der Waals surface area contributed by atoms with Crippen LogP contribution in [0.3, 0.4) is 0 Å². The van der Waals surface area contributed by atoms with Crippen LogP contribution in [0.4, 0.5) is 0 Å². The van der Waals surface area contributed by atoms with Crippen molar-refractivity contribution in [3.63, 3.8) is 0 Å². The average Bonchev–Trinajstić information content (AvgIpc) is 2.68. The molecule has 0 saturated carbocycles. The van der Waals surface area contributed by atoms with Gasteiger partial charge < -0.3 is 20.1 Å². The van der Waals surface area contributed by atoms with Gasteiger partial charge in [0.05, 0.1) is 31.7 Å². The largest absolute Gasteiger partial charge is 0.469 e. The number of carbonyl (C=O) groups is 2. The molecule has 1 rings (SSSR count). The first-order chi connectivity index (χ1) is 8.32. The number of hydrogen-bond donors (Lipinski definition) is 1. The lowest BCUT2D eigenvalue weighted by atomic mass is 9.84. The van der Waals surface area contributed by atoms with E-state index in [1.807, 2.05) is 0 Å². The second-order valence-corrected chi connectivity index (χ2v) is 5.15. The molecule has 1 heterocycles.